The molecule has 4 aromatic rings. The molecule has 0 saturated carbocycles. The molecular formula is C29H21BrClN3O4S2. The fourth-order valence-electron chi connectivity index (χ4n) is 5.14. The molecule has 1 aromatic heterocycles. The molecule has 7 nitrogen and oxygen atoms in total. The number of hydrogen-bond donors (Lipinski definition) is 1. The van der Waals surface area contributed by atoms with Gasteiger partial charge in [-0.2, -0.15) is 0 Å². The summed E-state index contributed by atoms with van der Waals surface area (Å²) < 4.78 is 2.23. The molecular weight excluding hydrogens is 634 g/mol. The molecule has 0 bridgehead atoms. The van der Waals surface area contributed by atoms with Crippen molar-refractivity contribution >= 4 is 79.7 Å². The molecule has 11 heteroatoms. The second-order valence-electron chi connectivity index (χ2n) is 9.62. The molecule has 202 valence electrons. The van der Waals surface area contributed by atoms with Crippen molar-refractivity contribution in [3.8, 4) is 0 Å². The molecule has 1 fully saturated rings. The van der Waals surface area contributed by atoms with Gasteiger partial charge in [0.2, 0.25) is 17.7 Å². The Labute approximate surface area is 251 Å². The topological polar surface area (TPSA) is 88.5 Å². The first-order chi connectivity index (χ1) is 19.2. The average molecular weight is 655 g/mol. The number of fused-ring (bicyclic) bond motifs is 2. The Hall–Kier alpha value is -3.18. The Morgan fingerprint density at radius 1 is 1.00 bits per heavy atom. The minimum absolute atomic E-state index is 0.229. The third-order valence-electron chi connectivity index (χ3n) is 6.98. The molecule has 2 aliphatic rings. The maximum absolute atomic E-state index is 13.9. The number of carbonyl (C=O) groups is 3. The van der Waals surface area contributed by atoms with Crippen molar-refractivity contribution in [3.63, 3.8) is 0 Å². The van der Waals surface area contributed by atoms with Crippen molar-refractivity contribution in [1.29, 1.82) is 0 Å². The molecule has 1 saturated heterocycles. The standard InChI is InChI=1S/C29H21BrClN3O4S2/c1-15-5-11-20(12-6-15)34-26(36)23-22(16-3-2-4-17(30)13-16)25-28(39-24(23)27(34)37)33(29(38)40-25)14-21(35)32-19-9-7-18(31)8-10-19/h2-13,22-24H,14H2,1H3,(H,32,35). The number of thioether (sulfide) groups is 1. The fourth-order valence-corrected chi connectivity index (χ4v) is 8.46. The zero-order chi connectivity index (χ0) is 28.1. The number of nitrogens with zero attached hydrogens (tertiary/aromatic N) is 2. The molecule has 0 aliphatic carbocycles. The molecule has 0 spiro atoms. The summed E-state index contributed by atoms with van der Waals surface area (Å²) in [5.41, 5.74) is 2.91. The van der Waals surface area contributed by atoms with Crippen LogP contribution in [0.15, 0.2) is 87.1 Å². The normalized spacial score (nSPS) is 19.9. The maximum Gasteiger partial charge on any atom is 0.308 e. The van der Waals surface area contributed by atoms with E-state index in [1.54, 1.807) is 36.4 Å². The number of carbonyl (C=O) groups excluding carboxylic acids is 3. The van der Waals surface area contributed by atoms with Gasteiger partial charge in [-0.1, -0.05) is 80.5 Å². The molecule has 40 heavy (non-hydrogen) atoms. The molecule has 3 atom stereocenters. The van der Waals surface area contributed by atoms with Crippen molar-refractivity contribution in [3.05, 3.63) is 108 Å². The zero-order valence-corrected chi connectivity index (χ0v) is 24.9. The van der Waals surface area contributed by atoms with Gasteiger partial charge >= 0.3 is 4.87 Å². The number of rotatable bonds is 5. The highest BCUT2D eigenvalue weighted by atomic mass is 79.9. The van der Waals surface area contributed by atoms with Gasteiger partial charge in [-0.3, -0.25) is 23.7 Å². The largest absolute Gasteiger partial charge is 0.325 e. The molecule has 1 N–H and O–H groups in total. The number of aromatic nitrogens is 1. The first-order valence-corrected chi connectivity index (χ1v) is 15.2. The molecule has 2 aliphatic heterocycles. The van der Waals surface area contributed by atoms with Crippen LogP contribution in [-0.2, 0) is 20.9 Å². The summed E-state index contributed by atoms with van der Waals surface area (Å²) in [6.07, 6.45) is 0. The number of halogens is 2. The number of hydrogen-bond acceptors (Lipinski definition) is 6. The van der Waals surface area contributed by atoms with Crippen LogP contribution >= 0.6 is 50.6 Å². The first-order valence-electron chi connectivity index (χ1n) is 12.4. The van der Waals surface area contributed by atoms with E-state index in [9.17, 15) is 19.2 Å². The van der Waals surface area contributed by atoms with Gasteiger partial charge < -0.3 is 5.32 Å². The van der Waals surface area contributed by atoms with E-state index < -0.39 is 17.1 Å². The predicted octanol–water partition coefficient (Wildman–Crippen LogP) is 6.07. The van der Waals surface area contributed by atoms with Crippen LogP contribution in [0.3, 0.4) is 0 Å². The van der Waals surface area contributed by atoms with Crippen LogP contribution in [0.2, 0.25) is 5.02 Å². The Morgan fingerprint density at radius 2 is 1.73 bits per heavy atom. The van der Waals surface area contributed by atoms with E-state index >= 15 is 0 Å². The average Bonchev–Trinajstić information content (AvgIpc) is 3.36. The van der Waals surface area contributed by atoms with E-state index in [0.29, 0.717) is 26.3 Å². The smallest absolute Gasteiger partial charge is 0.308 e. The van der Waals surface area contributed by atoms with Crippen molar-refractivity contribution in [2.24, 2.45) is 5.92 Å². The van der Waals surface area contributed by atoms with E-state index in [-0.39, 0.29) is 29.1 Å². The highest BCUT2D eigenvalue weighted by Gasteiger charge is 2.56. The fraction of sp³-hybridized carbons (Fsp3) is 0.172. The number of aryl methyl sites for hydroxylation is 1. The summed E-state index contributed by atoms with van der Waals surface area (Å²) in [6, 6.07) is 21.5. The highest BCUT2D eigenvalue weighted by molar-refractivity contribution is 9.10. The lowest BCUT2D eigenvalue weighted by molar-refractivity contribution is -0.122. The molecule has 3 amide bonds. The Balaban J connectivity index is 1.41. The van der Waals surface area contributed by atoms with Crippen molar-refractivity contribution < 1.29 is 14.4 Å². The van der Waals surface area contributed by atoms with Crippen LogP contribution < -0.4 is 15.1 Å². The lowest BCUT2D eigenvalue weighted by atomic mass is 9.83. The third kappa shape index (κ3) is 4.83. The molecule has 3 unspecified atom stereocenters. The quantitative estimate of drug-likeness (QED) is 0.264. The van der Waals surface area contributed by atoms with Crippen LogP contribution in [0.4, 0.5) is 11.4 Å². The molecule has 0 radical (unpaired) electrons. The van der Waals surface area contributed by atoms with Crippen molar-refractivity contribution in [2.75, 3.05) is 10.2 Å². The van der Waals surface area contributed by atoms with E-state index in [1.807, 2.05) is 43.3 Å². The number of amides is 3. The van der Waals surface area contributed by atoms with Gasteiger partial charge in [0.15, 0.2) is 0 Å². The SMILES string of the molecule is Cc1ccc(N2C(=O)C3Sc4c(sc(=O)n4CC(=O)Nc4ccc(Cl)cc4)C(c4cccc(Br)c4)C3C2=O)cc1. The van der Waals surface area contributed by atoms with Gasteiger partial charge in [-0.15, -0.1) is 0 Å². The zero-order valence-electron chi connectivity index (χ0n) is 21.0. The molecule has 3 heterocycles. The summed E-state index contributed by atoms with van der Waals surface area (Å²) in [7, 11) is 0. The van der Waals surface area contributed by atoms with E-state index in [0.717, 1.165) is 26.9 Å². The summed E-state index contributed by atoms with van der Waals surface area (Å²) >= 11 is 11.7. The van der Waals surface area contributed by atoms with Gasteiger partial charge in [-0.05, 0) is 61.0 Å². The Bertz CT molecular complexity index is 1720. The second kappa shape index (κ2) is 10.7. The van der Waals surface area contributed by atoms with E-state index in [4.69, 9.17) is 11.6 Å². The number of nitrogens with one attached hydrogen (secondary N) is 1. The van der Waals surface area contributed by atoms with Gasteiger partial charge in [0.05, 0.1) is 16.6 Å². The van der Waals surface area contributed by atoms with Crippen molar-refractivity contribution in [1.82, 2.24) is 4.57 Å². The van der Waals surface area contributed by atoms with Crippen LogP contribution in [-0.4, -0.2) is 27.5 Å². The van der Waals surface area contributed by atoms with Crippen LogP contribution in [0.5, 0.6) is 0 Å². The van der Waals surface area contributed by atoms with E-state index in [2.05, 4.69) is 21.2 Å². The van der Waals surface area contributed by atoms with Gasteiger partial charge in [0.1, 0.15) is 11.8 Å². The highest BCUT2D eigenvalue weighted by Crippen LogP contribution is 2.54. The second-order valence-corrected chi connectivity index (χ2v) is 13.1. The monoisotopic (exact) mass is 653 g/mol. The van der Waals surface area contributed by atoms with Crippen LogP contribution in [0, 0.1) is 12.8 Å². The van der Waals surface area contributed by atoms with Gasteiger partial charge in [0.25, 0.3) is 0 Å². The lowest BCUT2D eigenvalue weighted by Gasteiger charge is -2.30. The van der Waals surface area contributed by atoms with Crippen molar-refractivity contribution in [2.45, 2.75) is 29.7 Å². The minimum atomic E-state index is -0.745. The molecule has 3 aromatic carbocycles. The Morgan fingerprint density at radius 3 is 2.42 bits per heavy atom. The summed E-state index contributed by atoms with van der Waals surface area (Å²) in [5.74, 6) is -2.24. The minimum Gasteiger partial charge on any atom is -0.325 e. The number of imide groups is 1. The predicted molar refractivity (Wildman–Crippen MR) is 161 cm³/mol. The maximum atomic E-state index is 13.9. The number of anilines is 2. The third-order valence-corrected chi connectivity index (χ3v) is 10.3. The van der Waals surface area contributed by atoms with Crippen LogP contribution in [0.25, 0.3) is 0 Å². The van der Waals surface area contributed by atoms with Gasteiger partial charge in [0, 0.05) is 26.0 Å². The summed E-state index contributed by atoms with van der Waals surface area (Å²) in [6.45, 7) is 1.71. The summed E-state index contributed by atoms with van der Waals surface area (Å²) in [4.78, 5) is 55.6. The number of thiazole rings is 1. The number of benzene rings is 3. The summed E-state index contributed by atoms with van der Waals surface area (Å²) in [5, 5.41) is 3.13. The Kier molecular flexibility index (Phi) is 7.20. The first kappa shape index (κ1) is 27.0. The van der Waals surface area contributed by atoms with Crippen LogP contribution in [0.1, 0.15) is 21.9 Å². The van der Waals surface area contributed by atoms with Gasteiger partial charge in [-0.25, -0.2) is 4.90 Å². The lowest BCUT2D eigenvalue weighted by Crippen LogP contribution is -2.33. The van der Waals surface area contributed by atoms with E-state index in [1.165, 1.54) is 21.2 Å². The molecule has 6 rings (SSSR count).